The zero-order valence-electron chi connectivity index (χ0n) is 17.1. The van der Waals surface area contributed by atoms with E-state index in [0.717, 1.165) is 42.7 Å². The van der Waals surface area contributed by atoms with Crippen LogP contribution in [0.3, 0.4) is 0 Å². The number of non-ortho nitro benzene ring substituents is 1. The predicted molar refractivity (Wildman–Crippen MR) is 112 cm³/mol. The van der Waals surface area contributed by atoms with Gasteiger partial charge in [-0.25, -0.2) is 8.42 Å². The molecule has 0 aliphatic carbocycles. The Bertz CT molecular complexity index is 961. The Balaban J connectivity index is 1.57. The minimum atomic E-state index is -3.64. The summed E-state index contributed by atoms with van der Waals surface area (Å²) in [6.45, 7) is 0.900. The van der Waals surface area contributed by atoms with Gasteiger partial charge in [0.15, 0.2) is 0 Å². The molecule has 0 saturated carbocycles. The topological polar surface area (TPSA) is 99.0 Å². The molecule has 0 aromatic heterocycles. The first kappa shape index (κ1) is 22.0. The van der Waals surface area contributed by atoms with E-state index in [1.807, 2.05) is 18.2 Å². The lowest BCUT2D eigenvalue weighted by Gasteiger charge is -2.31. The fourth-order valence-electron chi connectivity index (χ4n) is 3.71. The predicted octanol–water partition coefficient (Wildman–Crippen LogP) is 3.65. The molecular formula is C21H26N2O6S. The van der Waals surface area contributed by atoms with Gasteiger partial charge < -0.3 is 9.47 Å². The normalized spacial score (nSPS) is 15.7. The highest BCUT2D eigenvalue weighted by Crippen LogP contribution is 2.29. The van der Waals surface area contributed by atoms with Gasteiger partial charge in [-0.15, -0.1) is 0 Å². The van der Waals surface area contributed by atoms with Crippen molar-refractivity contribution in [3.8, 4) is 11.5 Å². The van der Waals surface area contributed by atoms with Crippen LogP contribution in [0.25, 0.3) is 0 Å². The van der Waals surface area contributed by atoms with Crippen molar-refractivity contribution in [3.05, 3.63) is 58.1 Å². The first-order valence-electron chi connectivity index (χ1n) is 9.80. The van der Waals surface area contributed by atoms with E-state index in [1.54, 1.807) is 14.2 Å². The third-order valence-electron chi connectivity index (χ3n) is 5.51. The molecule has 0 unspecified atom stereocenters. The fraction of sp³-hybridized carbons (Fsp3) is 0.429. The molecule has 0 N–H and O–H groups in total. The van der Waals surface area contributed by atoms with Gasteiger partial charge in [0.1, 0.15) is 11.5 Å². The van der Waals surface area contributed by atoms with E-state index in [4.69, 9.17) is 9.47 Å². The second-order valence-electron chi connectivity index (χ2n) is 7.36. The molecule has 3 rings (SSSR count). The molecule has 1 saturated heterocycles. The summed E-state index contributed by atoms with van der Waals surface area (Å²) in [5, 5.41) is 10.8. The van der Waals surface area contributed by atoms with E-state index >= 15 is 0 Å². The van der Waals surface area contributed by atoms with Crippen LogP contribution >= 0.6 is 0 Å². The highest BCUT2D eigenvalue weighted by atomic mass is 32.2. The molecule has 9 heteroatoms. The lowest BCUT2D eigenvalue weighted by molar-refractivity contribution is -0.384. The number of nitro benzene ring substituents is 1. The lowest BCUT2D eigenvalue weighted by atomic mass is 9.91. The molecule has 30 heavy (non-hydrogen) atoms. The summed E-state index contributed by atoms with van der Waals surface area (Å²) in [5.41, 5.74) is 1.01. The molecule has 1 aliphatic rings. The zero-order valence-corrected chi connectivity index (χ0v) is 17.9. The van der Waals surface area contributed by atoms with Crippen molar-refractivity contribution in [3.63, 3.8) is 0 Å². The van der Waals surface area contributed by atoms with Crippen LogP contribution in [0, 0.1) is 16.0 Å². The van der Waals surface area contributed by atoms with E-state index in [2.05, 4.69) is 0 Å². The van der Waals surface area contributed by atoms with Crippen molar-refractivity contribution in [2.45, 2.75) is 30.6 Å². The first-order valence-corrected chi connectivity index (χ1v) is 11.2. The maximum Gasteiger partial charge on any atom is 0.269 e. The van der Waals surface area contributed by atoms with Crippen LogP contribution in [0.15, 0.2) is 47.4 Å². The summed E-state index contributed by atoms with van der Waals surface area (Å²) < 4.78 is 37.7. The van der Waals surface area contributed by atoms with Gasteiger partial charge in [0.2, 0.25) is 10.0 Å². The number of nitrogens with zero attached hydrogens (tertiary/aromatic N) is 2. The van der Waals surface area contributed by atoms with Gasteiger partial charge >= 0.3 is 0 Å². The molecule has 8 nitrogen and oxygen atoms in total. The Labute approximate surface area is 176 Å². The molecule has 162 valence electrons. The quantitative estimate of drug-likeness (QED) is 0.465. The third-order valence-corrected chi connectivity index (χ3v) is 7.42. The molecule has 0 atom stereocenters. The summed E-state index contributed by atoms with van der Waals surface area (Å²) in [7, 11) is -0.386. The molecule has 1 aliphatic heterocycles. The van der Waals surface area contributed by atoms with Gasteiger partial charge in [0.25, 0.3) is 5.69 Å². The molecule has 0 bridgehead atoms. The number of sulfonamides is 1. The Hall–Kier alpha value is -2.65. The SMILES string of the molecule is COc1cc(CCC2CCN(S(=O)(=O)c3ccc([N+](=O)[O-])cc3)CC2)cc(OC)c1. The van der Waals surface area contributed by atoms with Gasteiger partial charge in [-0.3, -0.25) is 10.1 Å². The molecule has 0 spiro atoms. The number of benzene rings is 2. The van der Waals surface area contributed by atoms with Crippen molar-refractivity contribution in [2.75, 3.05) is 27.3 Å². The van der Waals surface area contributed by atoms with Gasteiger partial charge in [-0.05, 0) is 61.4 Å². The number of aryl methyl sites for hydroxylation is 1. The van der Waals surface area contributed by atoms with Crippen molar-refractivity contribution < 1.29 is 22.8 Å². The largest absolute Gasteiger partial charge is 0.497 e. The van der Waals surface area contributed by atoms with Gasteiger partial charge in [0, 0.05) is 31.3 Å². The van der Waals surface area contributed by atoms with E-state index in [-0.39, 0.29) is 10.6 Å². The first-order chi connectivity index (χ1) is 14.3. The van der Waals surface area contributed by atoms with E-state index < -0.39 is 14.9 Å². The monoisotopic (exact) mass is 434 g/mol. The average Bonchev–Trinajstić information content (AvgIpc) is 2.77. The summed E-state index contributed by atoms with van der Waals surface area (Å²) in [6, 6.07) is 10.9. The smallest absolute Gasteiger partial charge is 0.269 e. The summed E-state index contributed by atoms with van der Waals surface area (Å²) in [6.07, 6.45) is 3.40. The average molecular weight is 435 g/mol. The number of nitro groups is 1. The van der Waals surface area contributed by atoms with Crippen LogP contribution in [0.4, 0.5) is 5.69 Å². The summed E-state index contributed by atoms with van der Waals surface area (Å²) >= 11 is 0. The van der Waals surface area contributed by atoms with Crippen LogP contribution in [-0.2, 0) is 16.4 Å². The number of rotatable bonds is 8. The van der Waals surface area contributed by atoms with Gasteiger partial charge in [0.05, 0.1) is 24.0 Å². The van der Waals surface area contributed by atoms with E-state index in [0.29, 0.717) is 19.0 Å². The third kappa shape index (κ3) is 5.09. The Kier molecular flexibility index (Phi) is 6.94. The molecule has 1 fully saturated rings. The minimum absolute atomic E-state index is 0.0926. The number of ether oxygens (including phenoxy) is 2. The Morgan fingerprint density at radius 1 is 1.03 bits per heavy atom. The standard InChI is InChI=1S/C21H26N2O6S/c1-28-19-13-17(14-20(15-19)29-2)4-3-16-9-11-22(12-10-16)30(26,27)21-7-5-18(6-8-21)23(24)25/h5-8,13-16H,3-4,9-12H2,1-2H3. The van der Waals surface area contributed by atoms with Crippen molar-refractivity contribution in [2.24, 2.45) is 5.92 Å². The maximum absolute atomic E-state index is 12.8. The van der Waals surface area contributed by atoms with E-state index in [1.165, 1.54) is 28.6 Å². The van der Waals surface area contributed by atoms with Crippen LogP contribution in [0.1, 0.15) is 24.8 Å². The van der Waals surface area contributed by atoms with Gasteiger partial charge in [-0.2, -0.15) is 4.31 Å². The highest BCUT2D eigenvalue weighted by molar-refractivity contribution is 7.89. The van der Waals surface area contributed by atoms with E-state index in [9.17, 15) is 18.5 Å². The number of hydrogen-bond donors (Lipinski definition) is 0. The summed E-state index contributed by atoms with van der Waals surface area (Å²) in [5.74, 6) is 1.95. The van der Waals surface area contributed by atoms with Crippen LogP contribution in [0.5, 0.6) is 11.5 Å². The number of piperidine rings is 1. The fourth-order valence-corrected chi connectivity index (χ4v) is 5.18. The zero-order chi connectivity index (χ0) is 21.7. The number of hydrogen-bond acceptors (Lipinski definition) is 6. The Morgan fingerprint density at radius 3 is 2.10 bits per heavy atom. The minimum Gasteiger partial charge on any atom is -0.497 e. The molecule has 1 heterocycles. The molecule has 2 aromatic rings. The van der Waals surface area contributed by atoms with Crippen LogP contribution in [0.2, 0.25) is 0 Å². The molecule has 0 radical (unpaired) electrons. The summed E-state index contributed by atoms with van der Waals surface area (Å²) in [4.78, 5) is 10.3. The second kappa shape index (κ2) is 9.44. The maximum atomic E-state index is 12.8. The molecule has 0 amide bonds. The van der Waals surface area contributed by atoms with Crippen LogP contribution < -0.4 is 9.47 Å². The van der Waals surface area contributed by atoms with Crippen molar-refractivity contribution in [1.82, 2.24) is 4.31 Å². The molecule has 2 aromatic carbocycles. The van der Waals surface area contributed by atoms with Gasteiger partial charge in [-0.1, -0.05) is 0 Å². The lowest BCUT2D eigenvalue weighted by Crippen LogP contribution is -2.38. The van der Waals surface area contributed by atoms with Crippen molar-refractivity contribution >= 4 is 15.7 Å². The molecular weight excluding hydrogens is 408 g/mol. The van der Waals surface area contributed by atoms with Crippen molar-refractivity contribution in [1.29, 1.82) is 0 Å². The Morgan fingerprint density at radius 2 is 1.60 bits per heavy atom. The van der Waals surface area contributed by atoms with Crippen LogP contribution in [-0.4, -0.2) is 45.0 Å². The highest BCUT2D eigenvalue weighted by Gasteiger charge is 2.29. The number of methoxy groups -OCH3 is 2. The second-order valence-corrected chi connectivity index (χ2v) is 9.30.